The predicted molar refractivity (Wildman–Crippen MR) is 90.9 cm³/mol. The number of hydrogen-bond donors (Lipinski definition) is 1. The van der Waals surface area contributed by atoms with Crippen LogP contribution in [0.3, 0.4) is 0 Å². The van der Waals surface area contributed by atoms with Crippen LogP contribution in [0, 0.1) is 5.82 Å². The van der Waals surface area contributed by atoms with Gasteiger partial charge in [-0.2, -0.15) is 0 Å². The number of nitrogens with one attached hydrogen (secondary N) is 1. The minimum atomic E-state index is -0.355. The number of hydrogen-bond acceptors (Lipinski definition) is 5. The molecule has 3 rings (SSSR count). The zero-order chi connectivity index (χ0) is 16.9. The topological polar surface area (TPSA) is 64.1 Å². The first-order chi connectivity index (χ1) is 11.6. The molecule has 1 N–H and O–H groups in total. The minimum absolute atomic E-state index is 0.160. The fourth-order valence-corrected chi connectivity index (χ4v) is 2.71. The lowest BCUT2D eigenvalue weighted by molar-refractivity contribution is -0.118. The van der Waals surface area contributed by atoms with Gasteiger partial charge in [-0.15, -0.1) is 10.2 Å². The van der Waals surface area contributed by atoms with Gasteiger partial charge in [0.1, 0.15) is 16.6 Å². The molecule has 24 heavy (non-hydrogen) atoms. The summed E-state index contributed by atoms with van der Waals surface area (Å²) in [5.74, 6) is -0.137. The third kappa shape index (κ3) is 4.27. The van der Waals surface area contributed by atoms with Crippen molar-refractivity contribution >= 4 is 34.0 Å². The SMILES string of the molecule is O=C(COc1ccc(Cl)cc1)Nc1nnc(-c2ccc(F)cc2)s1. The monoisotopic (exact) mass is 363 g/mol. The van der Waals surface area contributed by atoms with Crippen LogP contribution < -0.4 is 10.1 Å². The molecule has 1 aromatic heterocycles. The van der Waals surface area contributed by atoms with Crippen LogP contribution in [-0.2, 0) is 4.79 Å². The summed E-state index contributed by atoms with van der Waals surface area (Å²) in [4.78, 5) is 11.9. The van der Waals surface area contributed by atoms with Crippen LogP contribution in [0.5, 0.6) is 5.75 Å². The van der Waals surface area contributed by atoms with E-state index < -0.39 is 0 Å². The number of halogens is 2. The van der Waals surface area contributed by atoms with E-state index in [1.807, 2.05) is 0 Å². The third-order valence-electron chi connectivity index (χ3n) is 2.95. The Morgan fingerprint density at radius 1 is 1.12 bits per heavy atom. The number of anilines is 1. The molecule has 1 amide bonds. The van der Waals surface area contributed by atoms with Gasteiger partial charge < -0.3 is 4.74 Å². The van der Waals surface area contributed by atoms with E-state index >= 15 is 0 Å². The Morgan fingerprint density at radius 2 is 1.83 bits per heavy atom. The molecular weight excluding hydrogens is 353 g/mol. The highest BCUT2D eigenvalue weighted by atomic mass is 35.5. The fraction of sp³-hybridized carbons (Fsp3) is 0.0625. The van der Waals surface area contributed by atoms with Gasteiger partial charge in [0, 0.05) is 10.6 Å². The molecule has 0 aliphatic rings. The highest BCUT2D eigenvalue weighted by molar-refractivity contribution is 7.18. The minimum Gasteiger partial charge on any atom is -0.484 e. The molecular formula is C16H11ClFN3O2S. The molecule has 0 bridgehead atoms. The lowest BCUT2D eigenvalue weighted by Crippen LogP contribution is -2.20. The average molecular weight is 364 g/mol. The van der Waals surface area contributed by atoms with Gasteiger partial charge in [-0.1, -0.05) is 22.9 Å². The van der Waals surface area contributed by atoms with Gasteiger partial charge in [-0.3, -0.25) is 10.1 Å². The number of carbonyl (C=O) groups is 1. The quantitative estimate of drug-likeness (QED) is 0.743. The van der Waals surface area contributed by atoms with Gasteiger partial charge in [0.2, 0.25) is 5.13 Å². The predicted octanol–water partition coefficient (Wildman–Crippen LogP) is 4.02. The van der Waals surface area contributed by atoms with Crippen LogP contribution >= 0.6 is 22.9 Å². The van der Waals surface area contributed by atoms with Gasteiger partial charge in [0.05, 0.1) is 0 Å². The van der Waals surface area contributed by atoms with Crippen LogP contribution in [0.2, 0.25) is 5.02 Å². The van der Waals surface area contributed by atoms with Gasteiger partial charge in [-0.05, 0) is 48.5 Å². The van der Waals surface area contributed by atoms with Gasteiger partial charge in [0.15, 0.2) is 6.61 Å². The largest absolute Gasteiger partial charge is 0.484 e. The van der Waals surface area contributed by atoms with Crippen molar-refractivity contribution in [2.45, 2.75) is 0 Å². The van der Waals surface area contributed by atoms with E-state index in [1.54, 1.807) is 36.4 Å². The van der Waals surface area contributed by atoms with Crippen molar-refractivity contribution in [3.63, 3.8) is 0 Å². The number of benzene rings is 2. The first-order valence-electron chi connectivity index (χ1n) is 6.88. The van der Waals surface area contributed by atoms with Crippen molar-refractivity contribution in [1.29, 1.82) is 0 Å². The van der Waals surface area contributed by atoms with Crippen LogP contribution in [0.15, 0.2) is 48.5 Å². The Labute approximate surface area is 146 Å². The number of nitrogens with zero attached hydrogens (tertiary/aromatic N) is 2. The standard InChI is InChI=1S/C16H11ClFN3O2S/c17-11-3-7-13(8-4-11)23-9-14(22)19-16-21-20-15(24-16)10-1-5-12(18)6-2-10/h1-8H,9H2,(H,19,21,22). The van der Waals surface area contributed by atoms with Crippen molar-refractivity contribution in [2.75, 3.05) is 11.9 Å². The molecule has 0 saturated heterocycles. The van der Waals surface area contributed by atoms with Crippen LogP contribution in [-0.4, -0.2) is 22.7 Å². The van der Waals surface area contributed by atoms with E-state index in [9.17, 15) is 9.18 Å². The van der Waals surface area contributed by atoms with Crippen molar-refractivity contribution < 1.29 is 13.9 Å². The molecule has 0 unspecified atom stereocenters. The Morgan fingerprint density at radius 3 is 2.54 bits per heavy atom. The molecule has 0 radical (unpaired) electrons. The third-order valence-corrected chi connectivity index (χ3v) is 4.09. The summed E-state index contributed by atoms with van der Waals surface area (Å²) in [7, 11) is 0. The molecule has 8 heteroatoms. The van der Waals surface area contributed by atoms with E-state index in [0.29, 0.717) is 20.9 Å². The molecule has 0 spiro atoms. The maximum atomic E-state index is 12.9. The van der Waals surface area contributed by atoms with Crippen molar-refractivity contribution in [1.82, 2.24) is 10.2 Å². The highest BCUT2D eigenvalue weighted by Gasteiger charge is 2.10. The first-order valence-corrected chi connectivity index (χ1v) is 8.07. The van der Waals surface area contributed by atoms with E-state index in [0.717, 1.165) is 5.56 Å². The van der Waals surface area contributed by atoms with Crippen molar-refractivity contribution in [3.8, 4) is 16.3 Å². The van der Waals surface area contributed by atoms with Gasteiger partial charge >= 0.3 is 0 Å². The number of carbonyl (C=O) groups excluding carboxylic acids is 1. The van der Waals surface area contributed by atoms with Crippen LogP contribution in [0.25, 0.3) is 10.6 Å². The zero-order valence-electron chi connectivity index (χ0n) is 12.2. The molecule has 122 valence electrons. The molecule has 1 heterocycles. The Balaban J connectivity index is 1.57. The van der Waals surface area contributed by atoms with E-state index in [1.165, 1.54) is 23.5 Å². The highest BCUT2D eigenvalue weighted by Crippen LogP contribution is 2.26. The number of aromatic nitrogens is 2. The maximum Gasteiger partial charge on any atom is 0.264 e. The Hall–Kier alpha value is -2.51. The summed E-state index contributed by atoms with van der Waals surface area (Å²) >= 11 is 6.97. The van der Waals surface area contributed by atoms with E-state index in [4.69, 9.17) is 16.3 Å². The molecule has 5 nitrogen and oxygen atoms in total. The average Bonchev–Trinajstić information content (AvgIpc) is 3.03. The fourth-order valence-electron chi connectivity index (χ4n) is 1.82. The van der Waals surface area contributed by atoms with Gasteiger partial charge in [0.25, 0.3) is 5.91 Å². The normalized spacial score (nSPS) is 10.4. The molecule has 0 fully saturated rings. The maximum absolute atomic E-state index is 12.9. The Bertz CT molecular complexity index is 837. The second-order valence-corrected chi connectivity index (χ2v) is 6.12. The zero-order valence-corrected chi connectivity index (χ0v) is 13.8. The Kier molecular flexibility index (Phi) is 5.02. The number of amides is 1. The van der Waals surface area contributed by atoms with E-state index in [-0.39, 0.29) is 18.3 Å². The lowest BCUT2D eigenvalue weighted by atomic mass is 10.2. The first kappa shape index (κ1) is 16.4. The molecule has 3 aromatic rings. The molecule has 0 saturated carbocycles. The summed E-state index contributed by atoms with van der Waals surface area (Å²) in [6, 6.07) is 12.6. The number of rotatable bonds is 5. The smallest absolute Gasteiger partial charge is 0.264 e. The number of ether oxygens (including phenoxy) is 1. The lowest BCUT2D eigenvalue weighted by Gasteiger charge is -2.05. The van der Waals surface area contributed by atoms with Gasteiger partial charge in [-0.25, -0.2) is 4.39 Å². The summed E-state index contributed by atoms with van der Waals surface area (Å²) in [5, 5.41) is 12.0. The molecule has 0 aliphatic carbocycles. The van der Waals surface area contributed by atoms with Crippen molar-refractivity contribution in [2.24, 2.45) is 0 Å². The van der Waals surface area contributed by atoms with Crippen LogP contribution in [0.4, 0.5) is 9.52 Å². The summed E-state index contributed by atoms with van der Waals surface area (Å²) in [6.07, 6.45) is 0. The molecule has 0 atom stereocenters. The second-order valence-electron chi connectivity index (χ2n) is 4.71. The summed E-state index contributed by atoms with van der Waals surface area (Å²) < 4.78 is 18.3. The molecule has 0 aliphatic heterocycles. The second kappa shape index (κ2) is 7.37. The van der Waals surface area contributed by atoms with Crippen LogP contribution in [0.1, 0.15) is 0 Å². The summed E-state index contributed by atoms with van der Waals surface area (Å²) in [6.45, 7) is -0.160. The summed E-state index contributed by atoms with van der Waals surface area (Å²) in [5.41, 5.74) is 0.729. The van der Waals surface area contributed by atoms with Crippen molar-refractivity contribution in [3.05, 3.63) is 59.4 Å². The molecule has 2 aromatic carbocycles. The van der Waals surface area contributed by atoms with E-state index in [2.05, 4.69) is 15.5 Å².